The van der Waals surface area contributed by atoms with E-state index in [0.29, 0.717) is 0 Å². The van der Waals surface area contributed by atoms with Gasteiger partial charge < -0.3 is 20.4 Å². The first-order valence-electron chi connectivity index (χ1n) is 4.47. The molecule has 0 bridgehead atoms. The molecule has 0 amide bonds. The van der Waals surface area contributed by atoms with E-state index >= 15 is 0 Å². The molecular formula is C12H8Li4O4. The molecule has 0 N–H and O–H groups in total. The molecule has 2 aromatic rings. The minimum Gasteiger partial charge on any atom is -0.873 e. The zero-order valence-corrected chi connectivity index (χ0v) is 12.3. The Labute approximate surface area is 166 Å². The number of rotatable bonds is 0. The normalized spacial score (nSPS) is 7.20. The first-order valence-corrected chi connectivity index (χ1v) is 4.47. The maximum absolute atomic E-state index is 10.3. The largest absolute Gasteiger partial charge is 1.00 e. The second-order valence-corrected chi connectivity index (χ2v) is 2.89. The van der Waals surface area contributed by atoms with Crippen molar-refractivity contribution in [3.05, 3.63) is 48.5 Å². The summed E-state index contributed by atoms with van der Waals surface area (Å²) in [7, 11) is 0. The van der Waals surface area contributed by atoms with Crippen molar-refractivity contribution in [2.45, 2.75) is 0 Å². The molecule has 0 heterocycles. The summed E-state index contributed by atoms with van der Waals surface area (Å²) in [5.74, 6) is -1.75. The van der Waals surface area contributed by atoms with Crippen LogP contribution in [0.4, 0.5) is 0 Å². The molecular weight excluding hydrogens is 236 g/mol. The summed E-state index contributed by atoms with van der Waals surface area (Å²) in [4.78, 5) is 0. The van der Waals surface area contributed by atoms with E-state index < -0.39 is 23.0 Å². The molecule has 0 radical (unpaired) electrons. The molecule has 0 aliphatic heterocycles. The predicted molar refractivity (Wildman–Crippen MR) is 50.7 cm³/mol. The molecule has 4 nitrogen and oxygen atoms in total. The molecule has 2 aromatic carbocycles. The van der Waals surface area contributed by atoms with Crippen LogP contribution in [0.5, 0.6) is 23.0 Å². The Hall–Kier alpha value is 0.0296. The molecule has 84 valence electrons. The van der Waals surface area contributed by atoms with Crippen LogP contribution in [0.1, 0.15) is 0 Å². The van der Waals surface area contributed by atoms with Crippen LogP contribution in [0.15, 0.2) is 48.5 Å². The van der Waals surface area contributed by atoms with Crippen LogP contribution in [-0.2, 0) is 0 Å². The summed E-state index contributed by atoms with van der Waals surface area (Å²) in [5, 5.41) is 41.2. The standard InChI is InChI=1S/2C6H6O2.4Li/c2*7-5-3-1-2-4-6(5)8;;;;/h2*1-4,7-8H;;;;/q;;4*+1/p-4. The van der Waals surface area contributed by atoms with E-state index in [9.17, 15) is 20.4 Å². The molecule has 0 aliphatic rings. The molecule has 2 rings (SSSR count). The third-order valence-corrected chi connectivity index (χ3v) is 1.70. The summed E-state index contributed by atoms with van der Waals surface area (Å²) < 4.78 is 0. The van der Waals surface area contributed by atoms with Crippen LogP contribution >= 0.6 is 0 Å². The zero-order valence-electron chi connectivity index (χ0n) is 12.3. The van der Waals surface area contributed by atoms with Gasteiger partial charge in [-0.1, -0.05) is 48.5 Å². The van der Waals surface area contributed by atoms with Crippen molar-refractivity contribution < 1.29 is 95.9 Å². The number of benzene rings is 2. The Morgan fingerprint density at radius 3 is 0.650 bits per heavy atom. The summed E-state index contributed by atoms with van der Waals surface area (Å²) in [5.41, 5.74) is 0. The van der Waals surface area contributed by atoms with Crippen LogP contribution < -0.4 is 95.9 Å². The number of hydrogen-bond donors (Lipinski definition) is 0. The van der Waals surface area contributed by atoms with E-state index in [4.69, 9.17) is 0 Å². The zero-order chi connectivity index (χ0) is 12.0. The quantitative estimate of drug-likeness (QED) is 0.430. The molecule has 0 aromatic heterocycles. The summed E-state index contributed by atoms with van der Waals surface area (Å²) in [6.45, 7) is 0. The maximum Gasteiger partial charge on any atom is 1.00 e. The Morgan fingerprint density at radius 2 is 0.550 bits per heavy atom. The monoisotopic (exact) mass is 244 g/mol. The van der Waals surface area contributed by atoms with Gasteiger partial charge in [-0.05, 0) is 0 Å². The van der Waals surface area contributed by atoms with Gasteiger partial charge in [-0.3, -0.25) is 0 Å². The van der Waals surface area contributed by atoms with Gasteiger partial charge in [0.1, 0.15) is 0 Å². The Morgan fingerprint density at radius 1 is 0.400 bits per heavy atom. The minimum absolute atomic E-state index is 0. The van der Waals surface area contributed by atoms with E-state index in [1.54, 1.807) is 24.3 Å². The average molecular weight is 244 g/mol. The van der Waals surface area contributed by atoms with Crippen molar-refractivity contribution in [3.63, 3.8) is 0 Å². The van der Waals surface area contributed by atoms with Gasteiger partial charge >= 0.3 is 75.4 Å². The van der Waals surface area contributed by atoms with Crippen molar-refractivity contribution in [3.8, 4) is 23.0 Å². The van der Waals surface area contributed by atoms with Gasteiger partial charge in [-0.25, -0.2) is 0 Å². The third kappa shape index (κ3) is 10.8. The Kier molecular flexibility index (Phi) is 21.8. The fourth-order valence-corrected chi connectivity index (χ4v) is 0.900. The first-order chi connectivity index (χ1) is 7.61. The van der Waals surface area contributed by atoms with Crippen molar-refractivity contribution in [1.29, 1.82) is 0 Å². The van der Waals surface area contributed by atoms with Crippen LogP contribution in [0.3, 0.4) is 0 Å². The molecule has 0 saturated heterocycles. The topological polar surface area (TPSA) is 92.2 Å². The van der Waals surface area contributed by atoms with Crippen molar-refractivity contribution >= 4 is 0 Å². The van der Waals surface area contributed by atoms with Crippen LogP contribution in [0.2, 0.25) is 0 Å². The smallest absolute Gasteiger partial charge is 0.873 e. The second-order valence-electron chi connectivity index (χ2n) is 2.89. The summed E-state index contributed by atoms with van der Waals surface area (Å²) >= 11 is 0. The molecule has 20 heavy (non-hydrogen) atoms. The molecule has 0 saturated carbocycles. The summed E-state index contributed by atoms with van der Waals surface area (Å²) in [6, 6.07) is 11.2. The number of hydrogen-bond acceptors (Lipinski definition) is 4. The van der Waals surface area contributed by atoms with Gasteiger partial charge in [0, 0.05) is 0 Å². The predicted octanol–water partition coefficient (Wildman–Crippen LogP) is -12.3. The second kappa shape index (κ2) is 15.4. The molecule has 0 fully saturated rings. The molecule has 0 spiro atoms. The van der Waals surface area contributed by atoms with E-state index in [2.05, 4.69) is 0 Å². The average Bonchev–Trinajstić information content (AvgIpc) is 2.28. The van der Waals surface area contributed by atoms with Gasteiger partial charge in [0.2, 0.25) is 0 Å². The molecule has 0 atom stereocenters. The maximum atomic E-state index is 10.3. The van der Waals surface area contributed by atoms with E-state index in [1.807, 2.05) is 0 Å². The SMILES string of the molecule is [Li+].[Li+].[Li+].[Li+].[O-]c1ccccc1[O-].[O-]c1ccccc1[O-]. The third-order valence-electron chi connectivity index (χ3n) is 1.70. The van der Waals surface area contributed by atoms with E-state index in [1.165, 1.54) is 24.3 Å². The van der Waals surface area contributed by atoms with E-state index in [-0.39, 0.29) is 75.4 Å². The van der Waals surface area contributed by atoms with E-state index in [0.717, 1.165) is 0 Å². The first kappa shape index (κ1) is 28.2. The molecule has 8 heteroatoms. The fourth-order valence-electron chi connectivity index (χ4n) is 0.900. The van der Waals surface area contributed by atoms with Crippen LogP contribution in [0.25, 0.3) is 0 Å². The van der Waals surface area contributed by atoms with Gasteiger partial charge in [0.25, 0.3) is 0 Å². The van der Waals surface area contributed by atoms with Crippen LogP contribution in [-0.4, -0.2) is 0 Å². The van der Waals surface area contributed by atoms with Gasteiger partial charge in [-0.2, -0.15) is 0 Å². The van der Waals surface area contributed by atoms with Crippen LogP contribution in [0, 0.1) is 0 Å². The fraction of sp³-hybridized carbons (Fsp3) is 0. The Bertz CT molecular complexity index is 383. The van der Waals surface area contributed by atoms with Crippen molar-refractivity contribution in [1.82, 2.24) is 0 Å². The Balaban J connectivity index is -0.000000107. The van der Waals surface area contributed by atoms with Gasteiger partial charge in [0.15, 0.2) is 0 Å². The molecule has 0 unspecified atom stereocenters. The number of para-hydroxylation sites is 4. The summed E-state index contributed by atoms with van der Waals surface area (Å²) in [6.07, 6.45) is 0. The van der Waals surface area contributed by atoms with Crippen molar-refractivity contribution in [2.75, 3.05) is 0 Å². The molecule has 0 aliphatic carbocycles. The van der Waals surface area contributed by atoms with Gasteiger partial charge in [0.05, 0.1) is 0 Å². The minimum atomic E-state index is -0.437. The van der Waals surface area contributed by atoms with Crippen molar-refractivity contribution in [2.24, 2.45) is 0 Å². The van der Waals surface area contributed by atoms with Gasteiger partial charge in [-0.15, -0.1) is 23.0 Å².